The van der Waals surface area contributed by atoms with Gasteiger partial charge in [-0.2, -0.15) is 0 Å². The summed E-state index contributed by atoms with van der Waals surface area (Å²) in [6.45, 7) is 6.48. The van der Waals surface area contributed by atoms with Crippen molar-refractivity contribution in [1.82, 2.24) is 19.4 Å². The average Bonchev–Trinajstić information content (AvgIpc) is 3.31. The lowest BCUT2D eigenvalue weighted by molar-refractivity contribution is 0.0934. The number of aromatic nitrogens is 3. The van der Waals surface area contributed by atoms with E-state index in [1.165, 1.54) is 0 Å². The Hall–Kier alpha value is -1.29. The number of ether oxygens (including phenoxy) is 1. The molecule has 0 radical (unpaired) electrons. The standard InChI is InChI=1S/C18H28N4O3S2/c1-4-8-27(23,24)18-19-9-15(22(18)11-16-6-5-7-25-16)10-21(3)12-17-20-14(2)13-26-17/h9,13,16H,4-8,10-12H2,1-3H3/t16-/m0/s1. The van der Waals surface area contributed by atoms with Gasteiger partial charge in [-0.15, -0.1) is 11.3 Å². The summed E-state index contributed by atoms with van der Waals surface area (Å²) < 4.78 is 32.9. The Kier molecular flexibility index (Phi) is 6.67. The fourth-order valence-corrected chi connectivity index (χ4v) is 5.66. The van der Waals surface area contributed by atoms with Crippen molar-refractivity contribution in [3.8, 4) is 0 Å². The predicted molar refractivity (Wildman–Crippen MR) is 106 cm³/mol. The van der Waals surface area contributed by atoms with Gasteiger partial charge in [0.05, 0.1) is 36.8 Å². The lowest BCUT2D eigenvalue weighted by Crippen LogP contribution is -2.25. The van der Waals surface area contributed by atoms with Crippen molar-refractivity contribution in [1.29, 1.82) is 0 Å². The molecule has 3 heterocycles. The first-order valence-corrected chi connectivity index (χ1v) is 11.9. The van der Waals surface area contributed by atoms with Crippen molar-refractivity contribution in [2.45, 2.75) is 64.0 Å². The minimum absolute atomic E-state index is 0.0560. The van der Waals surface area contributed by atoms with Crippen LogP contribution < -0.4 is 0 Å². The number of imidazole rings is 1. The SMILES string of the molecule is CCCS(=O)(=O)c1ncc(CN(C)Cc2nc(C)cs2)n1C[C@@H]1CCCO1. The van der Waals surface area contributed by atoms with E-state index in [-0.39, 0.29) is 17.0 Å². The molecule has 7 nitrogen and oxygen atoms in total. The van der Waals surface area contributed by atoms with E-state index in [0.717, 1.165) is 42.4 Å². The van der Waals surface area contributed by atoms with Crippen molar-refractivity contribution in [2.24, 2.45) is 0 Å². The maximum Gasteiger partial charge on any atom is 0.227 e. The van der Waals surface area contributed by atoms with E-state index in [4.69, 9.17) is 4.74 Å². The monoisotopic (exact) mass is 412 g/mol. The van der Waals surface area contributed by atoms with E-state index in [2.05, 4.69) is 14.9 Å². The molecule has 0 spiro atoms. The van der Waals surface area contributed by atoms with Crippen LogP contribution in [0.15, 0.2) is 16.7 Å². The highest BCUT2D eigenvalue weighted by Gasteiger charge is 2.26. The normalized spacial score (nSPS) is 17.9. The van der Waals surface area contributed by atoms with Crippen LogP contribution in [0.2, 0.25) is 0 Å². The van der Waals surface area contributed by atoms with Gasteiger partial charge in [0, 0.05) is 24.2 Å². The topological polar surface area (TPSA) is 77.3 Å². The zero-order valence-corrected chi connectivity index (χ0v) is 17.9. The Morgan fingerprint density at radius 2 is 2.22 bits per heavy atom. The molecule has 27 heavy (non-hydrogen) atoms. The smallest absolute Gasteiger partial charge is 0.227 e. The Balaban J connectivity index is 1.81. The summed E-state index contributed by atoms with van der Waals surface area (Å²) in [5.41, 5.74) is 1.93. The van der Waals surface area contributed by atoms with Crippen LogP contribution in [0.1, 0.15) is 42.6 Å². The number of hydrogen-bond acceptors (Lipinski definition) is 7. The zero-order chi connectivity index (χ0) is 19.4. The maximum absolute atomic E-state index is 12.7. The summed E-state index contributed by atoms with van der Waals surface area (Å²) in [5, 5.41) is 3.27. The van der Waals surface area contributed by atoms with Crippen LogP contribution in [0.5, 0.6) is 0 Å². The number of hydrogen-bond donors (Lipinski definition) is 0. The third kappa shape index (κ3) is 5.16. The van der Waals surface area contributed by atoms with Gasteiger partial charge >= 0.3 is 0 Å². The molecule has 0 bridgehead atoms. The molecule has 9 heteroatoms. The molecule has 1 saturated heterocycles. The Bertz CT molecular complexity index is 854. The van der Waals surface area contributed by atoms with E-state index in [1.807, 2.05) is 30.8 Å². The highest BCUT2D eigenvalue weighted by molar-refractivity contribution is 7.91. The molecule has 1 atom stereocenters. The second kappa shape index (κ2) is 8.81. The first-order chi connectivity index (χ1) is 12.9. The van der Waals surface area contributed by atoms with Crippen molar-refractivity contribution in [2.75, 3.05) is 19.4 Å². The highest BCUT2D eigenvalue weighted by atomic mass is 32.2. The molecule has 0 aliphatic carbocycles. The van der Waals surface area contributed by atoms with E-state index in [9.17, 15) is 8.42 Å². The molecular weight excluding hydrogens is 384 g/mol. The molecule has 150 valence electrons. The molecule has 0 amide bonds. The molecule has 2 aromatic heterocycles. The van der Waals surface area contributed by atoms with Gasteiger partial charge in [0.2, 0.25) is 15.0 Å². The number of nitrogens with zero attached hydrogens (tertiary/aromatic N) is 4. The molecule has 0 aromatic carbocycles. The zero-order valence-electron chi connectivity index (χ0n) is 16.2. The molecule has 1 fully saturated rings. The highest BCUT2D eigenvalue weighted by Crippen LogP contribution is 2.21. The first-order valence-electron chi connectivity index (χ1n) is 9.37. The summed E-state index contributed by atoms with van der Waals surface area (Å²) in [5.74, 6) is 0.114. The van der Waals surface area contributed by atoms with E-state index < -0.39 is 9.84 Å². The maximum atomic E-state index is 12.7. The fourth-order valence-electron chi connectivity index (χ4n) is 3.35. The molecule has 2 aromatic rings. The van der Waals surface area contributed by atoms with Crippen molar-refractivity contribution >= 4 is 21.2 Å². The van der Waals surface area contributed by atoms with Gasteiger partial charge in [0.1, 0.15) is 5.01 Å². The number of sulfone groups is 1. The van der Waals surface area contributed by atoms with Crippen LogP contribution in [-0.4, -0.2) is 53.4 Å². The number of thiazole rings is 1. The molecule has 0 unspecified atom stereocenters. The van der Waals surface area contributed by atoms with Crippen molar-refractivity contribution in [3.05, 3.63) is 28.0 Å². The van der Waals surface area contributed by atoms with Gasteiger partial charge in [-0.3, -0.25) is 4.90 Å². The molecule has 1 aliphatic rings. The van der Waals surface area contributed by atoms with Gasteiger partial charge < -0.3 is 9.30 Å². The molecular formula is C18H28N4O3S2. The Labute approximate surface area is 165 Å². The largest absolute Gasteiger partial charge is 0.376 e. The van der Waals surface area contributed by atoms with Crippen molar-refractivity contribution < 1.29 is 13.2 Å². The third-order valence-electron chi connectivity index (χ3n) is 4.57. The summed E-state index contributed by atoms with van der Waals surface area (Å²) >= 11 is 1.64. The Morgan fingerprint density at radius 1 is 1.41 bits per heavy atom. The van der Waals surface area contributed by atoms with Crippen LogP contribution in [-0.2, 0) is 34.2 Å². The van der Waals surface area contributed by atoms with Crippen LogP contribution in [0.3, 0.4) is 0 Å². The van der Waals surface area contributed by atoms with Gasteiger partial charge in [0.25, 0.3) is 0 Å². The quantitative estimate of drug-likeness (QED) is 0.630. The molecule has 1 aliphatic heterocycles. The second-order valence-corrected chi connectivity index (χ2v) is 10.1. The second-order valence-electron chi connectivity index (χ2n) is 7.15. The number of aryl methyl sites for hydroxylation is 1. The van der Waals surface area contributed by atoms with Crippen LogP contribution >= 0.6 is 11.3 Å². The Morgan fingerprint density at radius 3 is 2.85 bits per heavy atom. The third-order valence-corrected chi connectivity index (χ3v) is 7.35. The van der Waals surface area contributed by atoms with Gasteiger partial charge in [0.15, 0.2) is 0 Å². The van der Waals surface area contributed by atoms with Crippen LogP contribution in [0.4, 0.5) is 0 Å². The molecule has 3 rings (SSSR count). The average molecular weight is 413 g/mol. The number of rotatable bonds is 9. The van der Waals surface area contributed by atoms with Gasteiger partial charge in [-0.1, -0.05) is 6.92 Å². The van der Waals surface area contributed by atoms with Gasteiger partial charge in [-0.05, 0) is 33.2 Å². The van der Waals surface area contributed by atoms with E-state index in [0.29, 0.717) is 19.5 Å². The summed E-state index contributed by atoms with van der Waals surface area (Å²) in [4.78, 5) is 10.9. The summed E-state index contributed by atoms with van der Waals surface area (Å²) in [6.07, 6.45) is 4.31. The van der Waals surface area contributed by atoms with Crippen LogP contribution in [0, 0.1) is 6.92 Å². The summed E-state index contributed by atoms with van der Waals surface area (Å²) in [7, 11) is -1.37. The minimum Gasteiger partial charge on any atom is -0.376 e. The lowest BCUT2D eigenvalue weighted by Gasteiger charge is -2.19. The molecule has 0 saturated carbocycles. The minimum atomic E-state index is -3.39. The van der Waals surface area contributed by atoms with E-state index >= 15 is 0 Å². The van der Waals surface area contributed by atoms with Gasteiger partial charge in [-0.25, -0.2) is 18.4 Å². The van der Waals surface area contributed by atoms with Crippen LogP contribution in [0.25, 0.3) is 0 Å². The first kappa shape index (κ1) is 20.4. The molecule has 0 N–H and O–H groups in total. The van der Waals surface area contributed by atoms with E-state index in [1.54, 1.807) is 17.5 Å². The predicted octanol–water partition coefficient (Wildman–Crippen LogP) is 2.64. The lowest BCUT2D eigenvalue weighted by atomic mass is 10.2. The fraction of sp³-hybridized carbons (Fsp3) is 0.667. The van der Waals surface area contributed by atoms with Crippen molar-refractivity contribution in [3.63, 3.8) is 0 Å². The summed E-state index contributed by atoms with van der Waals surface area (Å²) in [6, 6.07) is 0.